The summed E-state index contributed by atoms with van der Waals surface area (Å²) in [6.07, 6.45) is 1.75. The van der Waals surface area contributed by atoms with Crippen LogP contribution in [0.1, 0.15) is 5.69 Å². The van der Waals surface area contributed by atoms with E-state index in [9.17, 15) is 0 Å². The number of para-hydroxylation sites is 1. The standard InChI is InChI=1S/C11H8BrN/c1-2-10-9(12)7-8-5-3-4-6-11(8)13-10/h2-7H,1H2. The Bertz CT molecular complexity index is 463. The van der Waals surface area contributed by atoms with Gasteiger partial charge in [0, 0.05) is 9.86 Å². The zero-order valence-corrected chi connectivity index (χ0v) is 8.58. The van der Waals surface area contributed by atoms with Crippen LogP contribution in [0.4, 0.5) is 0 Å². The molecule has 0 aliphatic rings. The van der Waals surface area contributed by atoms with Crippen LogP contribution < -0.4 is 0 Å². The van der Waals surface area contributed by atoms with Gasteiger partial charge in [0.25, 0.3) is 0 Å². The summed E-state index contributed by atoms with van der Waals surface area (Å²) in [5.41, 5.74) is 1.89. The van der Waals surface area contributed by atoms with Gasteiger partial charge in [-0.15, -0.1) is 0 Å². The van der Waals surface area contributed by atoms with Crippen LogP contribution in [0.25, 0.3) is 17.0 Å². The van der Waals surface area contributed by atoms with Gasteiger partial charge in [-0.1, -0.05) is 24.8 Å². The highest BCUT2D eigenvalue weighted by Gasteiger charge is 1.99. The van der Waals surface area contributed by atoms with E-state index < -0.39 is 0 Å². The normalized spacial score (nSPS) is 10.2. The predicted octanol–water partition coefficient (Wildman–Crippen LogP) is 3.64. The van der Waals surface area contributed by atoms with Crippen LogP contribution >= 0.6 is 15.9 Å². The van der Waals surface area contributed by atoms with Gasteiger partial charge in [-0.3, -0.25) is 0 Å². The number of hydrogen-bond acceptors (Lipinski definition) is 1. The number of nitrogens with zero attached hydrogens (tertiary/aromatic N) is 1. The molecule has 0 saturated carbocycles. The molecule has 0 N–H and O–H groups in total. The lowest BCUT2D eigenvalue weighted by molar-refractivity contribution is 1.35. The molecule has 0 fully saturated rings. The highest BCUT2D eigenvalue weighted by Crippen LogP contribution is 2.21. The van der Waals surface area contributed by atoms with Gasteiger partial charge in [-0.2, -0.15) is 0 Å². The second-order valence-corrected chi connectivity index (χ2v) is 3.61. The van der Waals surface area contributed by atoms with Crippen LogP contribution in [-0.2, 0) is 0 Å². The van der Waals surface area contributed by atoms with Crippen LogP contribution in [-0.4, -0.2) is 4.98 Å². The minimum Gasteiger partial charge on any atom is -0.247 e. The van der Waals surface area contributed by atoms with Crippen molar-refractivity contribution in [2.45, 2.75) is 0 Å². The molecule has 0 bridgehead atoms. The van der Waals surface area contributed by atoms with E-state index in [0.717, 1.165) is 21.1 Å². The minimum absolute atomic E-state index is 0.888. The van der Waals surface area contributed by atoms with Gasteiger partial charge in [-0.25, -0.2) is 4.98 Å². The monoisotopic (exact) mass is 233 g/mol. The molecule has 2 aromatic rings. The van der Waals surface area contributed by atoms with Crippen molar-refractivity contribution >= 4 is 32.9 Å². The first-order valence-electron chi connectivity index (χ1n) is 3.99. The van der Waals surface area contributed by atoms with E-state index in [2.05, 4.69) is 33.6 Å². The van der Waals surface area contributed by atoms with Crippen molar-refractivity contribution in [2.75, 3.05) is 0 Å². The van der Waals surface area contributed by atoms with E-state index in [1.807, 2.05) is 24.3 Å². The van der Waals surface area contributed by atoms with Gasteiger partial charge in [0.15, 0.2) is 0 Å². The molecule has 2 rings (SSSR count). The Hall–Kier alpha value is -1.15. The summed E-state index contributed by atoms with van der Waals surface area (Å²) in [6.45, 7) is 3.71. The summed E-state index contributed by atoms with van der Waals surface area (Å²) < 4.78 is 0.987. The van der Waals surface area contributed by atoms with Crippen molar-refractivity contribution in [3.05, 3.63) is 47.1 Å². The summed E-state index contributed by atoms with van der Waals surface area (Å²) >= 11 is 3.44. The molecular weight excluding hydrogens is 226 g/mol. The molecule has 0 atom stereocenters. The van der Waals surface area contributed by atoms with Gasteiger partial charge in [0.05, 0.1) is 11.2 Å². The third-order valence-corrected chi connectivity index (χ3v) is 2.53. The van der Waals surface area contributed by atoms with Crippen LogP contribution in [0.5, 0.6) is 0 Å². The van der Waals surface area contributed by atoms with Crippen molar-refractivity contribution in [2.24, 2.45) is 0 Å². The van der Waals surface area contributed by atoms with Crippen molar-refractivity contribution in [1.29, 1.82) is 0 Å². The Kier molecular flexibility index (Phi) is 2.15. The first-order valence-corrected chi connectivity index (χ1v) is 4.78. The molecule has 0 aliphatic carbocycles. The van der Waals surface area contributed by atoms with Crippen LogP contribution in [0.15, 0.2) is 41.4 Å². The number of fused-ring (bicyclic) bond motifs is 1. The quantitative estimate of drug-likeness (QED) is 0.733. The molecule has 1 aromatic heterocycles. The topological polar surface area (TPSA) is 12.9 Å². The van der Waals surface area contributed by atoms with Gasteiger partial charge in [-0.05, 0) is 34.1 Å². The molecule has 1 heterocycles. The van der Waals surface area contributed by atoms with Crippen molar-refractivity contribution in [1.82, 2.24) is 4.98 Å². The van der Waals surface area contributed by atoms with Gasteiger partial charge >= 0.3 is 0 Å². The number of rotatable bonds is 1. The zero-order valence-electron chi connectivity index (χ0n) is 7.00. The number of halogens is 1. The molecule has 0 amide bonds. The fourth-order valence-electron chi connectivity index (χ4n) is 1.25. The Morgan fingerprint density at radius 2 is 2.08 bits per heavy atom. The molecule has 1 nitrogen and oxygen atoms in total. The zero-order chi connectivity index (χ0) is 9.26. The molecule has 0 unspecified atom stereocenters. The lowest BCUT2D eigenvalue weighted by Gasteiger charge is -2.00. The molecule has 2 heteroatoms. The summed E-state index contributed by atoms with van der Waals surface area (Å²) in [4.78, 5) is 4.43. The number of benzene rings is 1. The maximum Gasteiger partial charge on any atom is 0.0773 e. The predicted molar refractivity (Wildman–Crippen MR) is 59.5 cm³/mol. The molecule has 0 spiro atoms. The largest absolute Gasteiger partial charge is 0.247 e. The number of hydrogen-bond donors (Lipinski definition) is 0. The lowest BCUT2D eigenvalue weighted by Crippen LogP contribution is -1.84. The molecule has 0 radical (unpaired) electrons. The molecule has 64 valence electrons. The highest BCUT2D eigenvalue weighted by molar-refractivity contribution is 9.10. The first-order chi connectivity index (χ1) is 6.31. The Balaban J connectivity index is 2.81. The Labute approximate surface area is 85.2 Å². The van der Waals surface area contributed by atoms with Gasteiger partial charge in [0.2, 0.25) is 0 Å². The van der Waals surface area contributed by atoms with E-state index in [-0.39, 0.29) is 0 Å². The average Bonchev–Trinajstić information content (AvgIpc) is 2.17. The van der Waals surface area contributed by atoms with Crippen LogP contribution in [0, 0.1) is 0 Å². The summed E-state index contributed by atoms with van der Waals surface area (Å²) in [6, 6.07) is 10.1. The number of aromatic nitrogens is 1. The summed E-state index contributed by atoms with van der Waals surface area (Å²) in [5.74, 6) is 0. The van der Waals surface area contributed by atoms with Crippen molar-refractivity contribution in [3.63, 3.8) is 0 Å². The maximum absolute atomic E-state index is 4.43. The smallest absolute Gasteiger partial charge is 0.0773 e. The van der Waals surface area contributed by atoms with Crippen LogP contribution in [0.3, 0.4) is 0 Å². The molecular formula is C11H8BrN. The van der Waals surface area contributed by atoms with E-state index in [4.69, 9.17) is 0 Å². The fraction of sp³-hybridized carbons (Fsp3) is 0. The third kappa shape index (κ3) is 1.49. The Morgan fingerprint density at radius 3 is 2.85 bits per heavy atom. The van der Waals surface area contributed by atoms with Crippen molar-refractivity contribution in [3.8, 4) is 0 Å². The van der Waals surface area contributed by atoms with E-state index in [0.29, 0.717) is 0 Å². The maximum atomic E-state index is 4.43. The average molecular weight is 234 g/mol. The van der Waals surface area contributed by atoms with E-state index in [1.54, 1.807) is 6.08 Å². The first kappa shape index (κ1) is 8.45. The molecule has 0 saturated heterocycles. The summed E-state index contributed by atoms with van der Waals surface area (Å²) in [5, 5.41) is 1.14. The second kappa shape index (κ2) is 3.30. The lowest BCUT2D eigenvalue weighted by atomic mass is 10.2. The van der Waals surface area contributed by atoms with Crippen molar-refractivity contribution < 1.29 is 0 Å². The second-order valence-electron chi connectivity index (χ2n) is 2.75. The van der Waals surface area contributed by atoms with Gasteiger partial charge < -0.3 is 0 Å². The molecule has 1 aromatic carbocycles. The minimum atomic E-state index is 0.888. The molecule has 13 heavy (non-hydrogen) atoms. The SMILES string of the molecule is C=Cc1nc2ccccc2cc1Br. The summed E-state index contributed by atoms with van der Waals surface area (Å²) in [7, 11) is 0. The van der Waals surface area contributed by atoms with Gasteiger partial charge in [0.1, 0.15) is 0 Å². The third-order valence-electron chi connectivity index (χ3n) is 1.90. The van der Waals surface area contributed by atoms with Crippen LogP contribution in [0.2, 0.25) is 0 Å². The van der Waals surface area contributed by atoms with E-state index in [1.165, 1.54) is 0 Å². The van der Waals surface area contributed by atoms with E-state index >= 15 is 0 Å². The molecule has 0 aliphatic heterocycles. The highest BCUT2D eigenvalue weighted by atomic mass is 79.9. The fourth-order valence-corrected chi connectivity index (χ4v) is 1.75. The Morgan fingerprint density at radius 1 is 1.31 bits per heavy atom. The number of pyridine rings is 1.